The van der Waals surface area contributed by atoms with Crippen molar-refractivity contribution in [1.82, 2.24) is 5.48 Å². The zero-order valence-electron chi connectivity index (χ0n) is 13.3. The molecule has 3 nitrogen and oxygen atoms in total. The molecule has 0 saturated heterocycles. The lowest BCUT2D eigenvalue weighted by Crippen LogP contribution is -2.30. The Hall–Kier alpha value is -2.10. The van der Waals surface area contributed by atoms with Crippen molar-refractivity contribution in [2.45, 2.75) is 31.0 Å². The summed E-state index contributed by atoms with van der Waals surface area (Å²) in [5.74, 6) is 0. The molecule has 0 bridgehead atoms. The minimum absolute atomic E-state index is 0.0257. The average Bonchev–Trinajstić information content (AvgIpc) is 2.93. The molecule has 1 aliphatic heterocycles. The molecule has 118 valence electrons. The monoisotopic (exact) mass is 307 g/mol. The zero-order valence-corrected chi connectivity index (χ0v) is 13.3. The van der Waals surface area contributed by atoms with Gasteiger partial charge in [0.1, 0.15) is 6.10 Å². The van der Waals surface area contributed by atoms with Gasteiger partial charge in [0.15, 0.2) is 0 Å². The van der Waals surface area contributed by atoms with Crippen LogP contribution in [0.2, 0.25) is 0 Å². The van der Waals surface area contributed by atoms with Crippen molar-refractivity contribution in [3.63, 3.8) is 0 Å². The molecule has 23 heavy (non-hydrogen) atoms. The van der Waals surface area contributed by atoms with E-state index in [1.54, 1.807) is 7.11 Å². The minimum atomic E-state index is -0.212. The Labute approximate surface area is 136 Å². The molecule has 0 fully saturated rings. The molecule has 1 spiro atoms. The Kier molecular flexibility index (Phi) is 3.68. The maximum atomic E-state index is 6.66. The standard InChI is InChI=1S/C20H21NO2/c1-22-21-16-11-13-20(14-12-16)18-10-6-5-9-17(18)19(23-20)15-7-3-2-4-8-15/h2-11,19,21H,12-14H2,1H3. The van der Waals surface area contributed by atoms with E-state index < -0.39 is 0 Å². The van der Waals surface area contributed by atoms with Crippen LogP contribution in [0.5, 0.6) is 0 Å². The van der Waals surface area contributed by atoms with Gasteiger partial charge in [0.2, 0.25) is 0 Å². The predicted octanol–water partition coefficient (Wildman–Crippen LogP) is 4.22. The van der Waals surface area contributed by atoms with Crippen molar-refractivity contribution in [2.24, 2.45) is 0 Å². The fourth-order valence-corrected chi connectivity index (χ4v) is 3.77. The quantitative estimate of drug-likeness (QED) is 0.861. The molecule has 2 aromatic rings. The molecule has 0 radical (unpaired) electrons. The number of ether oxygens (including phenoxy) is 1. The van der Waals surface area contributed by atoms with E-state index in [4.69, 9.17) is 9.57 Å². The number of hydroxylamine groups is 1. The van der Waals surface area contributed by atoms with Crippen LogP contribution >= 0.6 is 0 Å². The first-order chi connectivity index (χ1) is 11.3. The lowest BCUT2D eigenvalue weighted by atomic mass is 9.81. The fraction of sp³-hybridized carbons (Fsp3) is 0.300. The van der Waals surface area contributed by atoms with E-state index in [2.05, 4.69) is 60.1 Å². The van der Waals surface area contributed by atoms with Gasteiger partial charge in [-0.15, -0.1) is 0 Å². The Bertz CT molecular complexity index is 725. The molecular formula is C20H21NO2. The second-order valence-electron chi connectivity index (χ2n) is 6.23. The van der Waals surface area contributed by atoms with Crippen LogP contribution < -0.4 is 5.48 Å². The summed E-state index contributed by atoms with van der Waals surface area (Å²) in [4.78, 5) is 5.03. The molecule has 1 heterocycles. The number of benzene rings is 2. The van der Waals surface area contributed by atoms with Gasteiger partial charge in [0.25, 0.3) is 0 Å². The second kappa shape index (κ2) is 5.84. The highest BCUT2D eigenvalue weighted by Gasteiger charge is 2.45. The largest absolute Gasteiger partial charge is 0.357 e. The van der Waals surface area contributed by atoms with Crippen LogP contribution in [-0.2, 0) is 15.2 Å². The molecule has 0 aromatic heterocycles. The molecule has 1 N–H and O–H groups in total. The molecule has 4 rings (SSSR count). The number of hydrogen-bond donors (Lipinski definition) is 1. The summed E-state index contributed by atoms with van der Waals surface area (Å²) in [5, 5.41) is 0. The summed E-state index contributed by atoms with van der Waals surface area (Å²) in [6.45, 7) is 0. The first kappa shape index (κ1) is 14.5. The normalized spacial score (nSPS) is 26.0. The molecule has 3 heteroatoms. The number of rotatable bonds is 3. The number of hydrogen-bond acceptors (Lipinski definition) is 3. The van der Waals surface area contributed by atoms with Gasteiger partial charge in [-0.1, -0.05) is 60.7 Å². The number of fused-ring (bicyclic) bond motifs is 2. The Balaban J connectivity index is 1.71. The third kappa shape index (κ3) is 2.46. The number of allylic oxidation sites excluding steroid dienone is 1. The highest BCUT2D eigenvalue weighted by Crippen LogP contribution is 2.52. The molecule has 2 atom stereocenters. The van der Waals surface area contributed by atoms with Crippen LogP contribution in [0.15, 0.2) is 66.4 Å². The highest BCUT2D eigenvalue weighted by molar-refractivity contribution is 5.44. The van der Waals surface area contributed by atoms with Crippen LogP contribution in [0, 0.1) is 0 Å². The van der Waals surface area contributed by atoms with Crippen molar-refractivity contribution in [3.8, 4) is 0 Å². The van der Waals surface area contributed by atoms with E-state index in [0.29, 0.717) is 0 Å². The van der Waals surface area contributed by atoms with Crippen molar-refractivity contribution in [2.75, 3.05) is 7.11 Å². The van der Waals surface area contributed by atoms with Gasteiger partial charge in [-0.2, -0.15) is 0 Å². The zero-order chi connectivity index (χ0) is 15.7. The lowest BCUT2D eigenvalue weighted by molar-refractivity contribution is -0.0697. The molecule has 2 aliphatic rings. The Morgan fingerprint density at radius 2 is 1.87 bits per heavy atom. The molecule has 2 unspecified atom stereocenters. The second-order valence-corrected chi connectivity index (χ2v) is 6.23. The maximum Gasteiger partial charge on any atom is 0.109 e. The molecule has 2 aromatic carbocycles. The third-order valence-electron chi connectivity index (χ3n) is 4.89. The Morgan fingerprint density at radius 3 is 2.61 bits per heavy atom. The van der Waals surface area contributed by atoms with E-state index >= 15 is 0 Å². The fourth-order valence-electron chi connectivity index (χ4n) is 3.77. The summed E-state index contributed by atoms with van der Waals surface area (Å²) in [6.07, 6.45) is 5.01. The summed E-state index contributed by atoms with van der Waals surface area (Å²) >= 11 is 0. The van der Waals surface area contributed by atoms with Gasteiger partial charge in [-0.25, -0.2) is 0 Å². The average molecular weight is 307 g/mol. The van der Waals surface area contributed by atoms with Crippen molar-refractivity contribution >= 4 is 0 Å². The SMILES string of the molecule is CONC1=CCC2(CC1)OC(c1ccccc1)c1ccccc12. The van der Waals surface area contributed by atoms with E-state index in [0.717, 1.165) is 25.0 Å². The van der Waals surface area contributed by atoms with Gasteiger partial charge < -0.3 is 4.74 Å². The highest BCUT2D eigenvalue weighted by atomic mass is 16.6. The molecule has 0 amide bonds. The topological polar surface area (TPSA) is 30.5 Å². The van der Waals surface area contributed by atoms with E-state index in [1.165, 1.54) is 16.7 Å². The Morgan fingerprint density at radius 1 is 1.09 bits per heavy atom. The first-order valence-corrected chi connectivity index (χ1v) is 8.13. The van der Waals surface area contributed by atoms with Crippen LogP contribution in [0.25, 0.3) is 0 Å². The van der Waals surface area contributed by atoms with Gasteiger partial charge >= 0.3 is 0 Å². The van der Waals surface area contributed by atoms with Gasteiger partial charge in [-0.05, 0) is 29.5 Å². The first-order valence-electron chi connectivity index (χ1n) is 8.13. The van der Waals surface area contributed by atoms with Crippen molar-refractivity contribution < 1.29 is 9.57 Å². The third-order valence-corrected chi connectivity index (χ3v) is 4.89. The van der Waals surface area contributed by atoms with Crippen LogP contribution in [-0.4, -0.2) is 7.11 Å². The maximum absolute atomic E-state index is 6.66. The van der Waals surface area contributed by atoms with E-state index in [-0.39, 0.29) is 11.7 Å². The number of nitrogens with one attached hydrogen (secondary N) is 1. The van der Waals surface area contributed by atoms with Crippen LogP contribution in [0.1, 0.15) is 42.1 Å². The summed E-state index contributed by atoms with van der Waals surface area (Å²) in [5.41, 5.74) is 7.75. The summed E-state index contributed by atoms with van der Waals surface area (Å²) in [6, 6.07) is 19.1. The summed E-state index contributed by atoms with van der Waals surface area (Å²) in [7, 11) is 1.65. The minimum Gasteiger partial charge on any atom is -0.357 e. The van der Waals surface area contributed by atoms with Gasteiger partial charge in [0, 0.05) is 12.1 Å². The van der Waals surface area contributed by atoms with Gasteiger partial charge in [0.05, 0.1) is 12.7 Å². The van der Waals surface area contributed by atoms with Crippen LogP contribution in [0.4, 0.5) is 0 Å². The molecule has 0 saturated carbocycles. The van der Waals surface area contributed by atoms with Crippen molar-refractivity contribution in [1.29, 1.82) is 0 Å². The molecule has 1 aliphatic carbocycles. The summed E-state index contributed by atoms with van der Waals surface area (Å²) < 4.78 is 6.66. The van der Waals surface area contributed by atoms with Crippen molar-refractivity contribution in [3.05, 3.63) is 83.1 Å². The smallest absolute Gasteiger partial charge is 0.109 e. The van der Waals surface area contributed by atoms with Crippen LogP contribution in [0.3, 0.4) is 0 Å². The van der Waals surface area contributed by atoms with E-state index in [1.807, 2.05) is 6.07 Å². The lowest BCUT2D eigenvalue weighted by Gasteiger charge is -2.33. The van der Waals surface area contributed by atoms with E-state index in [9.17, 15) is 0 Å². The molecular weight excluding hydrogens is 286 g/mol. The predicted molar refractivity (Wildman–Crippen MR) is 89.6 cm³/mol. The van der Waals surface area contributed by atoms with Gasteiger partial charge in [-0.3, -0.25) is 10.3 Å².